The van der Waals surface area contributed by atoms with Crippen molar-refractivity contribution in [2.45, 2.75) is 68.7 Å². The Labute approximate surface area is 595 Å². The lowest BCUT2D eigenvalue weighted by molar-refractivity contribution is -0.137. The molecule has 3 unspecified atom stereocenters. The first-order chi connectivity index (χ1) is 48.7. The van der Waals surface area contributed by atoms with Crippen LogP contribution in [0.25, 0.3) is 55.0 Å². The highest BCUT2D eigenvalue weighted by atomic mass is 32.2. The molecule has 3 atom stereocenters. The van der Waals surface area contributed by atoms with E-state index in [1.807, 2.05) is 78.9 Å². The minimum Gasteiger partial charge on any atom is -0.447 e. The van der Waals surface area contributed by atoms with E-state index in [0.29, 0.717) is 10.1 Å². The predicted molar refractivity (Wildman–Crippen MR) is 419 cm³/mol. The maximum absolute atomic E-state index is 13.1. The first-order valence-electron chi connectivity index (χ1n) is 32.9. The number of thiophene rings is 2. The molecule has 3 nitrogen and oxygen atoms in total. The van der Waals surface area contributed by atoms with Gasteiger partial charge in [-0.05, 0) is 182 Å². The van der Waals surface area contributed by atoms with Crippen LogP contribution >= 0.6 is 31.4 Å². The van der Waals surface area contributed by atoms with Gasteiger partial charge < -0.3 is 9.47 Å². The van der Waals surface area contributed by atoms with Gasteiger partial charge in [0.25, 0.3) is 0 Å². The quantitative estimate of drug-likeness (QED) is 0.127. The Morgan fingerprint density at radius 1 is 0.310 bits per heavy atom. The monoisotopic (exact) mass is 1400 g/mol. The second-order valence-corrected chi connectivity index (χ2v) is 34.4. The highest BCUT2D eigenvalue weighted by Crippen LogP contribution is 2.50. The summed E-state index contributed by atoms with van der Waals surface area (Å²) in [4.78, 5) is 24.3. The Bertz CT molecular complexity index is 5480. The summed E-state index contributed by atoms with van der Waals surface area (Å²) in [5.74, 6) is 3.89. The molecule has 5 heterocycles. The van der Waals surface area contributed by atoms with Crippen molar-refractivity contribution in [1.82, 2.24) is 0 Å². The van der Waals surface area contributed by atoms with Crippen molar-refractivity contribution >= 4 is 93.5 Å². The molecule has 0 bridgehead atoms. The number of aryl methyl sites for hydroxylation is 1. The zero-order valence-electron chi connectivity index (χ0n) is 55.4. The van der Waals surface area contributed by atoms with Crippen LogP contribution in [0.4, 0.5) is 13.2 Å². The fraction of sp³-hybridized carbons (Fsp3) is 0.0674. The summed E-state index contributed by atoms with van der Waals surface area (Å²) in [6.07, 6.45) is -4.47. The average molecular weight is 1400 g/mol. The minimum atomic E-state index is -4.47. The molecule has 0 saturated heterocycles. The molecule has 13 aromatic carbocycles. The molecule has 2 aliphatic rings. The number of fused-ring (bicyclic) bond motifs is 8. The number of hydrogen-bond acceptors (Lipinski definition) is 3. The van der Waals surface area contributed by atoms with Crippen molar-refractivity contribution in [2.24, 2.45) is 0 Å². The van der Waals surface area contributed by atoms with Crippen molar-refractivity contribution < 1.29 is 22.6 Å². The molecular weight excluding hydrogens is 1330 g/mol. The molecule has 0 radical (unpaired) electrons. The second-order valence-electron chi connectivity index (χ2n) is 24.8. The molecule has 16 aromatic rings. The van der Waals surface area contributed by atoms with Crippen LogP contribution in [0, 0.1) is 6.92 Å². The second kappa shape index (κ2) is 29.7. The summed E-state index contributed by atoms with van der Waals surface area (Å²) < 4.78 is 55.8. The molecule has 0 aliphatic carbocycles. The average Bonchev–Trinajstić information content (AvgIpc) is 1.20. The van der Waals surface area contributed by atoms with Gasteiger partial charge >= 0.3 is 6.18 Å². The number of hydrogen-bond donors (Lipinski definition) is 0. The van der Waals surface area contributed by atoms with Gasteiger partial charge in [-0.25, -0.2) is 0 Å². The van der Waals surface area contributed by atoms with E-state index in [1.165, 1.54) is 76.5 Å². The van der Waals surface area contributed by atoms with Crippen LogP contribution in [0.5, 0.6) is 23.0 Å². The predicted octanol–water partition coefficient (Wildman–Crippen LogP) is 26.6. The van der Waals surface area contributed by atoms with Crippen molar-refractivity contribution in [3.05, 3.63) is 377 Å². The zero-order chi connectivity index (χ0) is 68.7. The molecular formula is C89H70F3O3S5+5. The molecule has 0 fully saturated rings. The standard InChI is InChI=1S/C20H12F3OS.C19H15OS.C18H13OS.C18H19S.C14H11S/c21-20(22,23)13-10-11-18-16(12-13)19(24)15-8-4-5-9-17(15)25(18)14-6-2-1-3-7-14;1-14-10-12-15(13-11-14)21-18-8-4-2-6-16(18)20-17-7-3-5-9-19(17)21;1-2-8-14(9-3-1)20-17-12-6-4-10-15(17)19-16-11-5-7-13-18(16)20;1-18(2,3)15-8-10-16(11-9-15)19-13-12-14-6-4-5-7-17(14)19;1-2-7-13(8-3-1)15-11-10-12-6-4-5-9-14(12)15/h1-12H;2-13H,1H3;1-13H;4-13H,1-3H3;1-11H/q5*+1. The Morgan fingerprint density at radius 3 is 1.12 bits per heavy atom. The third-order valence-corrected chi connectivity index (χ3v) is 28.1. The van der Waals surface area contributed by atoms with E-state index in [4.69, 9.17) is 9.47 Å². The number of ether oxygens (including phenoxy) is 2. The van der Waals surface area contributed by atoms with Gasteiger partial charge in [0.2, 0.25) is 25.0 Å². The van der Waals surface area contributed by atoms with Crippen LogP contribution in [0.1, 0.15) is 37.5 Å². The first kappa shape index (κ1) is 67.0. The first-order valence-corrected chi connectivity index (χ1v) is 39.1. The SMILES string of the molecule is CC(C)(C)c1ccc(-[s+]2ccc3ccccc32)cc1.Cc1ccc([S+]2c3ccccc3Oc3ccccc32)cc1.O=c1c2ccccc2[s+](-c2ccccc2)c2ccc(C(F)(F)F)cc12.c1ccc(-[s+]2ccc3ccccc32)cc1.c1ccc([S+]2c3ccccc3Oc3ccccc32)cc1. The minimum absolute atomic E-state index is 0.0829. The number of alkyl halides is 3. The fourth-order valence-corrected chi connectivity index (χ4v) is 22.7. The van der Waals surface area contributed by atoms with E-state index in [0.717, 1.165) is 44.7 Å². The molecule has 0 saturated carbocycles. The number of halogens is 3. The van der Waals surface area contributed by atoms with Crippen LogP contribution in [-0.4, -0.2) is 0 Å². The number of benzene rings is 13. The van der Waals surface area contributed by atoms with Gasteiger partial charge in [-0.1, -0.05) is 190 Å². The van der Waals surface area contributed by atoms with Crippen LogP contribution in [-0.2, 0) is 33.4 Å². The van der Waals surface area contributed by atoms with E-state index in [9.17, 15) is 18.0 Å². The molecule has 100 heavy (non-hydrogen) atoms. The zero-order valence-corrected chi connectivity index (χ0v) is 59.5. The van der Waals surface area contributed by atoms with Crippen LogP contribution in [0.3, 0.4) is 0 Å². The van der Waals surface area contributed by atoms with Crippen LogP contribution in [0.15, 0.2) is 385 Å². The molecule has 18 rings (SSSR count). The summed E-state index contributed by atoms with van der Waals surface area (Å²) in [6.45, 7) is 8.90. The highest BCUT2D eigenvalue weighted by Gasteiger charge is 2.40. The van der Waals surface area contributed by atoms with Gasteiger partial charge in [0.1, 0.15) is 32.6 Å². The molecule has 490 valence electrons. The number of para-hydroxylation sites is 4. The summed E-state index contributed by atoms with van der Waals surface area (Å²) in [7, 11) is -0.503. The van der Waals surface area contributed by atoms with Crippen molar-refractivity contribution in [1.29, 1.82) is 0 Å². The van der Waals surface area contributed by atoms with E-state index in [-0.39, 0.29) is 59.0 Å². The lowest BCUT2D eigenvalue weighted by Gasteiger charge is -2.19. The topological polar surface area (TPSA) is 35.5 Å². The van der Waals surface area contributed by atoms with Crippen molar-refractivity contribution in [3.8, 4) is 37.7 Å². The third kappa shape index (κ3) is 14.5. The normalized spacial score (nSPS) is 12.8. The highest BCUT2D eigenvalue weighted by molar-refractivity contribution is 7.97. The smallest absolute Gasteiger partial charge is 0.416 e. The number of rotatable bonds is 5. The van der Waals surface area contributed by atoms with E-state index < -0.39 is 22.2 Å². The lowest BCUT2D eigenvalue weighted by Crippen LogP contribution is -2.12. The van der Waals surface area contributed by atoms with Gasteiger partial charge in [-0.2, -0.15) is 13.2 Å². The largest absolute Gasteiger partial charge is 0.447 e. The molecule has 0 amide bonds. The van der Waals surface area contributed by atoms with Gasteiger partial charge in [0, 0.05) is 54.3 Å². The molecule has 2 aliphatic heterocycles. The third-order valence-electron chi connectivity index (χ3n) is 17.1. The Morgan fingerprint density at radius 2 is 0.660 bits per heavy atom. The molecule has 3 aromatic heterocycles. The van der Waals surface area contributed by atoms with Gasteiger partial charge in [0.05, 0.1) is 16.3 Å². The molecule has 0 spiro atoms. The van der Waals surface area contributed by atoms with Crippen LogP contribution < -0.4 is 14.9 Å². The van der Waals surface area contributed by atoms with Crippen molar-refractivity contribution in [3.63, 3.8) is 0 Å². The van der Waals surface area contributed by atoms with Crippen molar-refractivity contribution in [2.75, 3.05) is 0 Å². The summed E-state index contributed by atoms with van der Waals surface area (Å²) in [5, 5.41) is 7.98. The fourth-order valence-electron chi connectivity index (χ4n) is 12.1. The van der Waals surface area contributed by atoms with E-state index in [1.54, 1.807) is 12.1 Å². The summed E-state index contributed by atoms with van der Waals surface area (Å²) in [5.41, 5.74) is 1.77. The van der Waals surface area contributed by atoms with Gasteiger partial charge in [-0.3, -0.25) is 4.79 Å². The Hall–Kier alpha value is -10.2. The molecule has 11 heteroatoms. The maximum atomic E-state index is 13.1. The van der Waals surface area contributed by atoms with E-state index >= 15 is 0 Å². The maximum Gasteiger partial charge on any atom is 0.416 e. The summed E-state index contributed by atoms with van der Waals surface area (Å²) >= 11 is 0. The van der Waals surface area contributed by atoms with E-state index in [2.05, 4.69) is 269 Å². The Kier molecular flexibility index (Phi) is 19.9. The van der Waals surface area contributed by atoms with Gasteiger partial charge in [-0.15, -0.1) is 0 Å². The lowest BCUT2D eigenvalue weighted by atomic mass is 9.87. The molecule has 0 N–H and O–H groups in total. The Balaban J connectivity index is 0.000000107. The van der Waals surface area contributed by atoms with Crippen LogP contribution in [0.2, 0.25) is 0 Å². The van der Waals surface area contributed by atoms with Gasteiger partial charge in [0.15, 0.2) is 66.3 Å². The summed E-state index contributed by atoms with van der Waals surface area (Å²) in [6, 6.07) is 115.